The van der Waals surface area contributed by atoms with Crippen LogP contribution in [-0.4, -0.2) is 44.3 Å². The van der Waals surface area contributed by atoms with Crippen molar-refractivity contribution in [3.8, 4) is 0 Å². The second-order valence-electron chi connectivity index (χ2n) is 7.49. The second-order valence-corrected chi connectivity index (χ2v) is 7.49. The fourth-order valence-electron chi connectivity index (χ4n) is 2.73. The predicted octanol–water partition coefficient (Wildman–Crippen LogP) is 3.73. The molecule has 1 atom stereocenters. The standard InChI is InChI=1S/C20H29N3O3/c1-7-11-23(19(25)26-20(3,4)5)12-10-18(24)15-8-9-17-16(13-15)21-14(2)22(17)6/h7-9,13,18,24H,1,10-12H2,2-6H3. The molecule has 0 aliphatic carbocycles. The molecular formula is C20H29N3O3. The Kier molecular flexibility index (Phi) is 6.08. The first-order valence-electron chi connectivity index (χ1n) is 8.82. The number of rotatable bonds is 6. The van der Waals surface area contributed by atoms with Gasteiger partial charge in [0, 0.05) is 20.1 Å². The van der Waals surface area contributed by atoms with E-state index in [4.69, 9.17) is 4.74 Å². The summed E-state index contributed by atoms with van der Waals surface area (Å²) < 4.78 is 7.42. The molecule has 1 unspecified atom stereocenters. The minimum atomic E-state index is -0.684. The number of ether oxygens (including phenoxy) is 1. The molecular weight excluding hydrogens is 330 g/mol. The monoisotopic (exact) mass is 359 g/mol. The maximum Gasteiger partial charge on any atom is 0.410 e. The van der Waals surface area contributed by atoms with E-state index in [1.807, 2.05) is 57.5 Å². The number of hydrogen-bond donors (Lipinski definition) is 1. The van der Waals surface area contributed by atoms with Crippen LogP contribution in [0.15, 0.2) is 30.9 Å². The molecule has 1 N–H and O–H groups in total. The van der Waals surface area contributed by atoms with E-state index >= 15 is 0 Å². The summed E-state index contributed by atoms with van der Waals surface area (Å²) in [5.74, 6) is 0.925. The van der Waals surface area contributed by atoms with Crippen molar-refractivity contribution in [2.75, 3.05) is 13.1 Å². The van der Waals surface area contributed by atoms with E-state index in [2.05, 4.69) is 11.6 Å². The summed E-state index contributed by atoms with van der Waals surface area (Å²) in [6.07, 6.45) is 0.973. The quantitative estimate of drug-likeness (QED) is 0.798. The van der Waals surface area contributed by atoms with Crippen LogP contribution >= 0.6 is 0 Å². The minimum absolute atomic E-state index is 0.375. The molecule has 2 rings (SSSR count). The number of nitrogens with zero attached hydrogens (tertiary/aromatic N) is 3. The van der Waals surface area contributed by atoms with Crippen molar-refractivity contribution in [3.63, 3.8) is 0 Å². The van der Waals surface area contributed by atoms with Crippen molar-refractivity contribution in [1.29, 1.82) is 0 Å². The lowest BCUT2D eigenvalue weighted by molar-refractivity contribution is 0.0244. The molecule has 0 radical (unpaired) electrons. The van der Waals surface area contributed by atoms with E-state index < -0.39 is 17.8 Å². The molecule has 2 aromatic rings. The molecule has 6 nitrogen and oxygen atoms in total. The summed E-state index contributed by atoms with van der Waals surface area (Å²) in [7, 11) is 1.97. The second kappa shape index (κ2) is 7.91. The molecule has 6 heteroatoms. The first kappa shape index (κ1) is 20.0. The van der Waals surface area contributed by atoms with E-state index in [0.717, 1.165) is 22.4 Å². The Morgan fingerprint density at radius 1 is 1.46 bits per heavy atom. The van der Waals surface area contributed by atoms with Gasteiger partial charge < -0.3 is 19.3 Å². The highest BCUT2D eigenvalue weighted by Gasteiger charge is 2.22. The van der Waals surface area contributed by atoms with Crippen LogP contribution in [0.2, 0.25) is 0 Å². The zero-order valence-electron chi connectivity index (χ0n) is 16.3. The molecule has 142 valence electrons. The van der Waals surface area contributed by atoms with Crippen LogP contribution in [-0.2, 0) is 11.8 Å². The van der Waals surface area contributed by atoms with Gasteiger partial charge in [0.1, 0.15) is 11.4 Å². The van der Waals surface area contributed by atoms with E-state index in [1.54, 1.807) is 11.0 Å². The van der Waals surface area contributed by atoms with Gasteiger partial charge in [-0.25, -0.2) is 9.78 Å². The number of fused-ring (bicyclic) bond motifs is 1. The van der Waals surface area contributed by atoms with Gasteiger partial charge in [-0.05, 0) is 51.8 Å². The third-order valence-corrected chi connectivity index (χ3v) is 4.19. The highest BCUT2D eigenvalue weighted by Crippen LogP contribution is 2.23. The molecule has 0 saturated heterocycles. The topological polar surface area (TPSA) is 67.6 Å². The Bertz CT molecular complexity index is 789. The lowest BCUT2D eigenvalue weighted by atomic mass is 10.1. The average molecular weight is 359 g/mol. The van der Waals surface area contributed by atoms with Crippen LogP contribution in [0.1, 0.15) is 44.7 Å². The molecule has 0 bridgehead atoms. The van der Waals surface area contributed by atoms with Gasteiger partial charge in [-0.1, -0.05) is 12.1 Å². The van der Waals surface area contributed by atoms with Gasteiger partial charge in [-0.2, -0.15) is 0 Å². The van der Waals surface area contributed by atoms with E-state index in [9.17, 15) is 9.90 Å². The van der Waals surface area contributed by atoms with Gasteiger partial charge in [0.2, 0.25) is 0 Å². The third-order valence-electron chi connectivity index (χ3n) is 4.19. The van der Waals surface area contributed by atoms with Crippen molar-refractivity contribution in [2.45, 2.75) is 45.8 Å². The Balaban J connectivity index is 2.06. The first-order chi connectivity index (χ1) is 12.1. The van der Waals surface area contributed by atoms with Gasteiger partial charge in [-0.15, -0.1) is 6.58 Å². The summed E-state index contributed by atoms with van der Waals surface area (Å²) in [5, 5.41) is 10.5. The van der Waals surface area contributed by atoms with Crippen molar-refractivity contribution in [3.05, 3.63) is 42.2 Å². The zero-order valence-corrected chi connectivity index (χ0v) is 16.3. The predicted molar refractivity (Wildman–Crippen MR) is 103 cm³/mol. The van der Waals surface area contributed by atoms with E-state index in [1.165, 1.54) is 0 Å². The number of aliphatic hydroxyl groups is 1. The molecule has 1 amide bonds. The van der Waals surface area contributed by atoms with E-state index in [0.29, 0.717) is 19.5 Å². The van der Waals surface area contributed by atoms with E-state index in [-0.39, 0.29) is 0 Å². The molecule has 1 heterocycles. The fraction of sp³-hybridized carbons (Fsp3) is 0.500. The summed E-state index contributed by atoms with van der Waals surface area (Å²) in [4.78, 5) is 18.3. The van der Waals surface area contributed by atoms with Crippen molar-refractivity contribution in [2.24, 2.45) is 7.05 Å². The molecule has 1 aromatic carbocycles. The maximum absolute atomic E-state index is 12.3. The Morgan fingerprint density at radius 3 is 2.77 bits per heavy atom. The van der Waals surface area contributed by atoms with Crippen LogP contribution in [0.5, 0.6) is 0 Å². The van der Waals surface area contributed by atoms with Gasteiger partial charge >= 0.3 is 6.09 Å². The number of hydrogen-bond acceptors (Lipinski definition) is 4. The SMILES string of the molecule is C=CCN(CCC(O)c1ccc2c(c1)nc(C)n2C)C(=O)OC(C)(C)C. The van der Waals surface area contributed by atoms with Gasteiger partial charge in [0.15, 0.2) is 0 Å². The number of benzene rings is 1. The molecule has 0 aliphatic rings. The molecule has 0 fully saturated rings. The van der Waals surface area contributed by atoms with Crippen molar-refractivity contribution >= 4 is 17.1 Å². The van der Waals surface area contributed by atoms with Crippen LogP contribution in [0.3, 0.4) is 0 Å². The number of aliphatic hydroxyl groups excluding tert-OH is 1. The molecule has 1 aromatic heterocycles. The third kappa shape index (κ3) is 4.85. The van der Waals surface area contributed by atoms with Crippen LogP contribution in [0, 0.1) is 6.92 Å². The van der Waals surface area contributed by atoms with Crippen LogP contribution in [0.25, 0.3) is 11.0 Å². The fourth-order valence-corrected chi connectivity index (χ4v) is 2.73. The number of aromatic nitrogens is 2. The Hall–Kier alpha value is -2.34. The van der Waals surface area contributed by atoms with Crippen LogP contribution < -0.4 is 0 Å². The maximum atomic E-state index is 12.3. The van der Waals surface area contributed by atoms with Gasteiger partial charge in [-0.3, -0.25) is 0 Å². The Morgan fingerprint density at radius 2 is 2.15 bits per heavy atom. The smallest absolute Gasteiger partial charge is 0.410 e. The number of imidazole rings is 1. The van der Waals surface area contributed by atoms with Crippen molar-refractivity contribution in [1.82, 2.24) is 14.5 Å². The zero-order chi connectivity index (χ0) is 19.5. The first-order valence-corrected chi connectivity index (χ1v) is 8.82. The number of aryl methyl sites for hydroxylation is 2. The van der Waals surface area contributed by atoms with Gasteiger partial charge in [0.25, 0.3) is 0 Å². The lowest BCUT2D eigenvalue weighted by Gasteiger charge is -2.27. The van der Waals surface area contributed by atoms with Crippen LogP contribution in [0.4, 0.5) is 4.79 Å². The number of amides is 1. The largest absolute Gasteiger partial charge is 0.444 e. The molecule has 0 aliphatic heterocycles. The van der Waals surface area contributed by atoms with Gasteiger partial charge in [0.05, 0.1) is 17.1 Å². The summed E-state index contributed by atoms with van der Waals surface area (Å²) in [6, 6.07) is 5.76. The molecule has 0 spiro atoms. The van der Waals surface area contributed by atoms with Crippen molar-refractivity contribution < 1.29 is 14.6 Å². The summed E-state index contributed by atoms with van der Waals surface area (Å²) in [6.45, 7) is 11.9. The average Bonchev–Trinajstić information content (AvgIpc) is 2.83. The Labute approximate surface area is 155 Å². The summed E-state index contributed by atoms with van der Waals surface area (Å²) >= 11 is 0. The highest BCUT2D eigenvalue weighted by atomic mass is 16.6. The normalized spacial score (nSPS) is 12.8. The molecule has 0 saturated carbocycles. The summed E-state index contributed by atoms with van der Waals surface area (Å²) in [5.41, 5.74) is 2.12. The highest BCUT2D eigenvalue weighted by molar-refractivity contribution is 5.76. The lowest BCUT2D eigenvalue weighted by Crippen LogP contribution is -2.38. The number of carbonyl (C=O) groups is 1. The minimum Gasteiger partial charge on any atom is -0.444 e. The number of carbonyl (C=O) groups excluding carboxylic acids is 1. The molecule has 26 heavy (non-hydrogen) atoms.